The summed E-state index contributed by atoms with van der Waals surface area (Å²) in [6.07, 6.45) is 0. The fourth-order valence-electron chi connectivity index (χ4n) is 3.77. The van der Waals surface area contributed by atoms with Crippen LogP contribution in [0.2, 0.25) is 10.0 Å². The molecule has 1 atom stereocenters. The normalized spacial score (nSPS) is 12.0. The third kappa shape index (κ3) is 7.03. The average molecular weight is 563 g/mol. The Morgan fingerprint density at radius 1 is 0.973 bits per heavy atom. The Hall–Kier alpha value is -3.07. The molecule has 0 aliphatic heterocycles. The lowest BCUT2D eigenvalue weighted by molar-refractivity contribution is -0.139. The van der Waals surface area contributed by atoms with Gasteiger partial charge in [0.25, 0.3) is 10.0 Å². The first kappa shape index (κ1) is 28.5. The Balaban J connectivity index is 2.04. The van der Waals surface area contributed by atoms with E-state index in [0.717, 1.165) is 9.87 Å². The maximum atomic E-state index is 13.8. The van der Waals surface area contributed by atoms with E-state index < -0.39 is 28.5 Å². The van der Waals surface area contributed by atoms with Gasteiger partial charge in [-0.15, -0.1) is 0 Å². The number of benzene rings is 3. The van der Waals surface area contributed by atoms with Crippen molar-refractivity contribution in [2.75, 3.05) is 17.4 Å². The van der Waals surface area contributed by atoms with Crippen molar-refractivity contribution in [2.24, 2.45) is 0 Å². The highest BCUT2D eigenvalue weighted by atomic mass is 35.5. The van der Waals surface area contributed by atoms with Gasteiger partial charge in [-0.2, -0.15) is 0 Å². The molecule has 1 N–H and O–H groups in total. The van der Waals surface area contributed by atoms with Crippen LogP contribution in [0.25, 0.3) is 0 Å². The van der Waals surface area contributed by atoms with E-state index in [1.165, 1.54) is 17.0 Å². The first-order valence-electron chi connectivity index (χ1n) is 11.7. The van der Waals surface area contributed by atoms with Crippen molar-refractivity contribution in [3.05, 3.63) is 94.0 Å². The van der Waals surface area contributed by atoms with Crippen molar-refractivity contribution in [1.29, 1.82) is 0 Å². The lowest BCUT2D eigenvalue weighted by Gasteiger charge is -2.32. The molecule has 0 aliphatic rings. The van der Waals surface area contributed by atoms with Crippen LogP contribution in [-0.2, 0) is 26.2 Å². The lowest BCUT2D eigenvalue weighted by atomic mass is 10.1. The Bertz CT molecular complexity index is 1370. The number of carbonyl (C=O) groups is 2. The fraction of sp³-hybridized carbons (Fsp3) is 0.259. The predicted octanol–water partition coefficient (Wildman–Crippen LogP) is 5.05. The Kier molecular flexibility index (Phi) is 9.59. The third-order valence-corrected chi connectivity index (χ3v) is 8.15. The first-order valence-corrected chi connectivity index (χ1v) is 13.9. The molecule has 7 nitrogen and oxygen atoms in total. The molecule has 0 aliphatic carbocycles. The van der Waals surface area contributed by atoms with E-state index in [-0.39, 0.29) is 17.3 Å². The van der Waals surface area contributed by atoms with Crippen LogP contribution in [0.15, 0.2) is 77.7 Å². The van der Waals surface area contributed by atoms with Crippen LogP contribution in [0.3, 0.4) is 0 Å². The van der Waals surface area contributed by atoms with Crippen LogP contribution in [0.5, 0.6) is 0 Å². The Morgan fingerprint density at radius 3 is 2.30 bits per heavy atom. The van der Waals surface area contributed by atoms with Crippen LogP contribution >= 0.6 is 23.2 Å². The summed E-state index contributed by atoms with van der Waals surface area (Å²) in [4.78, 5) is 27.9. The van der Waals surface area contributed by atoms with Crippen molar-refractivity contribution < 1.29 is 18.0 Å². The monoisotopic (exact) mass is 561 g/mol. The lowest BCUT2D eigenvalue weighted by Crippen LogP contribution is -2.51. The van der Waals surface area contributed by atoms with Crippen LogP contribution in [-0.4, -0.2) is 44.3 Å². The summed E-state index contributed by atoms with van der Waals surface area (Å²) in [5.41, 5.74) is 1.75. The number of amides is 2. The number of hydrogen-bond acceptors (Lipinski definition) is 4. The zero-order chi connectivity index (χ0) is 27.2. The molecule has 10 heteroatoms. The van der Waals surface area contributed by atoms with Gasteiger partial charge in [0, 0.05) is 23.1 Å². The summed E-state index contributed by atoms with van der Waals surface area (Å²) in [6.45, 7) is 5.05. The number of nitrogens with one attached hydrogen (secondary N) is 1. The molecule has 0 heterocycles. The standard InChI is InChI=1S/C27H29Cl2N3O4S/c1-4-30-27(34)20(3)31(17-21-13-14-22(28)16-25(21)29)26(33)18-32(23-10-8-9-19(2)15-23)37(35,36)24-11-6-5-7-12-24/h5-16,20H,4,17-18H2,1-3H3,(H,30,34). The molecule has 2 amide bonds. The second-order valence-corrected chi connectivity index (χ2v) is 11.2. The van der Waals surface area contributed by atoms with Crippen LogP contribution in [0.4, 0.5) is 5.69 Å². The van der Waals surface area contributed by atoms with E-state index in [1.54, 1.807) is 68.4 Å². The maximum absolute atomic E-state index is 13.8. The number of nitrogens with zero attached hydrogens (tertiary/aromatic N) is 2. The molecule has 0 spiro atoms. The number of likely N-dealkylation sites (N-methyl/N-ethyl adjacent to an activating group) is 1. The SMILES string of the molecule is CCNC(=O)C(C)N(Cc1ccc(Cl)cc1Cl)C(=O)CN(c1cccc(C)c1)S(=O)(=O)c1ccccc1. The number of carbonyl (C=O) groups excluding carboxylic acids is 2. The molecule has 0 fully saturated rings. The first-order chi connectivity index (χ1) is 17.5. The van der Waals surface area contributed by atoms with Gasteiger partial charge in [0.1, 0.15) is 12.6 Å². The van der Waals surface area contributed by atoms with E-state index in [1.807, 2.05) is 13.0 Å². The van der Waals surface area contributed by atoms with Gasteiger partial charge in [0.2, 0.25) is 11.8 Å². The van der Waals surface area contributed by atoms with Crippen LogP contribution < -0.4 is 9.62 Å². The van der Waals surface area contributed by atoms with Gasteiger partial charge in [0.15, 0.2) is 0 Å². The second-order valence-electron chi connectivity index (χ2n) is 8.49. The number of aryl methyl sites for hydroxylation is 1. The molecule has 0 bridgehead atoms. The molecule has 0 radical (unpaired) electrons. The highest BCUT2D eigenvalue weighted by Crippen LogP contribution is 2.27. The minimum Gasteiger partial charge on any atom is -0.355 e. The van der Waals surface area contributed by atoms with E-state index in [9.17, 15) is 18.0 Å². The molecule has 3 aromatic rings. The van der Waals surface area contributed by atoms with Crippen molar-refractivity contribution >= 4 is 50.7 Å². The summed E-state index contributed by atoms with van der Waals surface area (Å²) < 4.78 is 28.5. The minimum absolute atomic E-state index is 0.0137. The summed E-state index contributed by atoms with van der Waals surface area (Å²) in [7, 11) is -4.10. The molecule has 3 rings (SSSR count). The number of sulfonamides is 1. The highest BCUT2D eigenvalue weighted by molar-refractivity contribution is 7.92. The summed E-state index contributed by atoms with van der Waals surface area (Å²) in [5.74, 6) is -0.931. The van der Waals surface area contributed by atoms with Crippen molar-refractivity contribution in [2.45, 2.75) is 38.3 Å². The maximum Gasteiger partial charge on any atom is 0.264 e. The van der Waals surface area contributed by atoms with Gasteiger partial charge in [0.05, 0.1) is 10.6 Å². The largest absolute Gasteiger partial charge is 0.355 e. The van der Waals surface area contributed by atoms with E-state index in [4.69, 9.17) is 23.2 Å². The third-order valence-electron chi connectivity index (χ3n) is 5.77. The van der Waals surface area contributed by atoms with Gasteiger partial charge in [-0.25, -0.2) is 8.42 Å². The van der Waals surface area contributed by atoms with E-state index in [2.05, 4.69) is 5.32 Å². The summed E-state index contributed by atoms with van der Waals surface area (Å²) >= 11 is 12.4. The topological polar surface area (TPSA) is 86.8 Å². The van der Waals surface area contributed by atoms with Crippen molar-refractivity contribution in [3.63, 3.8) is 0 Å². The average Bonchev–Trinajstić information content (AvgIpc) is 2.87. The van der Waals surface area contributed by atoms with E-state index in [0.29, 0.717) is 27.8 Å². The van der Waals surface area contributed by atoms with E-state index >= 15 is 0 Å². The second kappa shape index (κ2) is 12.4. The molecular weight excluding hydrogens is 533 g/mol. The van der Waals surface area contributed by atoms with Crippen LogP contribution in [0, 0.1) is 6.92 Å². The number of anilines is 1. The van der Waals surface area contributed by atoms with Gasteiger partial charge < -0.3 is 10.2 Å². The zero-order valence-electron chi connectivity index (χ0n) is 20.8. The molecule has 3 aromatic carbocycles. The quantitative estimate of drug-likeness (QED) is 0.375. The molecule has 196 valence electrons. The van der Waals surface area contributed by atoms with Gasteiger partial charge in [-0.05, 0) is 68.3 Å². The molecule has 0 aromatic heterocycles. The molecule has 0 saturated carbocycles. The number of hydrogen-bond donors (Lipinski definition) is 1. The smallest absolute Gasteiger partial charge is 0.264 e. The van der Waals surface area contributed by atoms with Gasteiger partial charge >= 0.3 is 0 Å². The molecular formula is C27H29Cl2N3O4S. The van der Waals surface area contributed by atoms with Gasteiger partial charge in [-0.3, -0.25) is 13.9 Å². The molecule has 37 heavy (non-hydrogen) atoms. The van der Waals surface area contributed by atoms with Crippen molar-refractivity contribution in [3.8, 4) is 0 Å². The van der Waals surface area contributed by atoms with Crippen LogP contribution in [0.1, 0.15) is 25.0 Å². The minimum atomic E-state index is -4.10. The summed E-state index contributed by atoms with van der Waals surface area (Å²) in [5, 5.41) is 3.49. The number of rotatable bonds is 10. The highest BCUT2D eigenvalue weighted by Gasteiger charge is 2.32. The molecule has 1 unspecified atom stereocenters. The fourth-order valence-corrected chi connectivity index (χ4v) is 5.66. The summed E-state index contributed by atoms with van der Waals surface area (Å²) in [6, 6.07) is 18.8. The number of halogens is 2. The Labute approximate surface area is 228 Å². The van der Waals surface area contributed by atoms with Gasteiger partial charge in [-0.1, -0.05) is 59.6 Å². The zero-order valence-corrected chi connectivity index (χ0v) is 23.1. The van der Waals surface area contributed by atoms with Crippen molar-refractivity contribution in [1.82, 2.24) is 10.2 Å². The predicted molar refractivity (Wildman–Crippen MR) is 147 cm³/mol. The Morgan fingerprint density at radius 2 is 1.68 bits per heavy atom. The molecule has 0 saturated heterocycles.